The molecule has 0 saturated heterocycles. The Labute approximate surface area is 129 Å². The summed E-state index contributed by atoms with van der Waals surface area (Å²) in [5, 5.41) is 5.22. The van der Waals surface area contributed by atoms with Crippen LogP contribution in [0, 0.1) is 13.8 Å². The zero-order chi connectivity index (χ0) is 15.9. The minimum Gasteiger partial charge on any atom is -0.321 e. The van der Waals surface area contributed by atoms with Crippen molar-refractivity contribution in [2.75, 3.05) is 10.6 Å². The topological polar surface area (TPSA) is 70.6 Å². The van der Waals surface area contributed by atoms with Gasteiger partial charge < -0.3 is 10.6 Å². The molecular weight excluding hydrogens is 278 g/mol. The molecule has 2 N–H and O–H groups in total. The normalized spacial score (nSPS) is 10.5. The maximum atomic E-state index is 11.7. The highest BCUT2D eigenvalue weighted by molar-refractivity contribution is 6.33. The summed E-state index contributed by atoms with van der Waals surface area (Å²) >= 11 is 0. The van der Waals surface area contributed by atoms with Gasteiger partial charge in [-0.1, -0.05) is 29.8 Å². The van der Waals surface area contributed by atoms with Gasteiger partial charge in [-0.25, -0.2) is 4.79 Å². The Morgan fingerprint density at radius 3 is 2.32 bits per heavy atom. The predicted molar refractivity (Wildman–Crippen MR) is 88.5 cm³/mol. The van der Waals surface area contributed by atoms with Crippen molar-refractivity contribution in [3.63, 3.8) is 0 Å². The Balaban J connectivity index is 1.89. The van der Waals surface area contributed by atoms with E-state index in [4.69, 9.17) is 0 Å². The molecule has 22 heavy (non-hydrogen) atoms. The monoisotopic (exact) mass is 295 g/mol. The number of urea groups is 1. The van der Waals surface area contributed by atoms with Gasteiger partial charge in [0.2, 0.25) is 0 Å². The number of aliphatic imine (C=N–C) groups is 1. The zero-order valence-electron chi connectivity index (χ0n) is 12.5. The molecule has 2 aromatic carbocycles. The lowest BCUT2D eigenvalue weighted by atomic mass is 10.2. The van der Waals surface area contributed by atoms with Gasteiger partial charge in [0.05, 0.1) is 6.21 Å². The van der Waals surface area contributed by atoms with Crippen LogP contribution in [0.5, 0.6) is 0 Å². The van der Waals surface area contributed by atoms with E-state index in [-0.39, 0.29) is 0 Å². The van der Waals surface area contributed by atoms with E-state index in [0.29, 0.717) is 11.4 Å². The van der Waals surface area contributed by atoms with Crippen LogP contribution in [0.3, 0.4) is 0 Å². The highest BCUT2D eigenvalue weighted by atomic mass is 16.2. The van der Waals surface area contributed by atoms with Crippen LogP contribution in [0.4, 0.5) is 16.2 Å². The van der Waals surface area contributed by atoms with Gasteiger partial charge in [0.15, 0.2) is 0 Å². The number of carbonyl (C=O) groups excluding carboxylic acids is 2. The molecule has 0 fully saturated rings. The van der Waals surface area contributed by atoms with Crippen LogP contribution in [0.25, 0.3) is 0 Å². The Bertz CT molecular complexity index is 706. The van der Waals surface area contributed by atoms with Gasteiger partial charge in [-0.15, -0.1) is 0 Å². The van der Waals surface area contributed by atoms with E-state index in [1.165, 1.54) is 0 Å². The van der Waals surface area contributed by atoms with Crippen LogP contribution < -0.4 is 10.6 Å². The molecule has 0 aromatic heterocycles. The maximum absolute atomic E-state index is 11.7. The minimum atomic E-state index is -0.594. The number of benzene rings is 2. The molecule has 2 rings (SSSR count). The fourth-order valence-corrected chi connectivity index (χ4v) is 1.81. The SMILES string of the molecule is Cc1ccc(NC(=O)N=CC(=O)Nc2cccc(C)c2)cc1. The lowest BCUT2D eigenvalue weighted by Gasteiger charge is -2.03. The maximum Gasteiger partial charge on any atom is 0.345 e. The number of hydrogen-bond acceptors (Lipinski definition) is 2. The fourth-order valence-electron chi connectivity index (χ4n) is 1.81. The molecule has 0 aliphatic carbocycles. The van der Waals surface area contributed by atoms with E-state index in [1.54, 1.807) is 18.2 Å². The van der Waals surface area contributed by atoms with Crippen molar-refractivity contribution < 1.29 is 9.59 Å². The molecule has 0 unspecified atom stereocenters. The lowest BCUT2D eigenvalue weighted by Crippen LogP contribution is -2.15. The summed E-state index contributed by atoms with van der Waals surface area (Å²) in [4.78, 5) is 26.9. The molecule has 5 nitrogen and oxygen atoms in total. The van der Waals surface area contributed by atoms with Crippen molar-refractivity contribution in [3.8, 4) is 0 Å². The summed E-state index contributed by atoms with van der Waals surface area (Å²) in [6, 6.07) is 14.1. The lowest BCUT2D eigenvalue weighted by molar-refractivity contribution is -0.109. The van der Waals surface area contributed by atoms with Gasteiger partial charge in [0.25, 0.3) is 5.91 Å². The van der Waals surface area contributed by atoms with Gasteiger partial charge >= 0.3 is 6.03 Å². The van der Waals surface area contributed by atoms with Gasteiger partial charge in [0.1, 0.15) is 0 Å². The Morgan fingerprint density at radius 1 is 0.909 bits per heavy atom. The van der Waals surface area contributed by atoms with Crippen molar-refractivity contribution in [2.45, 2.75) is 13.8 Å². The molecule has 3 amide bonds. The Kier molecular flexibility index (Phi) is 5.03. The number of hydrogen-bond donors (Lipinski definition) is 2. The van der Waals surface area contributed by atoms with Gasteiger partial charge in [-0.05, 0) is 43.7 Å². The van der Waals surface area contributed by atoms with Crippen molar-refractivity contribution in [3.05, 3.63) is 59.7 Å². The molecule has 5 heteroatoms. The van der Waals surface area contributed by atoms with Crippen LogP contribution in [0.1, 0.15) is 11.1 Å². The molecule has 0 atom stereocenters. The average molecular weight is 295 g/mol. The van der Waals surface area contributed by atoms with E-state index < -0.39 is 11.9 Å². The molecule has 0 aliphatic rings. The van der Waals surface area contributed by atoms with Crippen molar-refractivity contribution in [1.82, 2.24) is 0 Å². The highest BCUT2D eigenvalue weighted by Crippen LogP contribution is 2.09. The summed E-state index contributed by atoms with van der Waals surface area (Å²) in [5.41, 5.74) is 3.42. The van der Waals surface area contributed by atoms with Gasteiger partial charge in [0, 0.05) is 11.4 Å². The first kappa shape index (κ1) is 15.4. The van der Waals surface area contributed by atoms with Crippen LogP contribution in [0.15, 0.2) is 53.5 Å². The summed E-state index contributed by atoms with van der Waals surface area (Å²) in [5.74, 6) is -0.454. The number of aryl methyl sites for hydroxylation is 2. The second-order valence-corrected chi connectivity index (χ2v) is 4.91. The Morgan fingerprint density at radius 2 is 1.64 bits per heavy atom. The fraction of sp³-hybridized carbons (Fsp3) is 0.118. The number of rotatable bonds is 3. The third-order valence-corrected chi connectivity index (χ3v) is 2.89. The molecule has 0 heterocycles. The van der Waals surface area contributed by atoms with E-state index in [9.17, 15) is 9.59 Å². The first-order chi connectivity index (χ1) is 10.5. The highest BCUT2D eigenvalue weighted by Gasteiger charge is 2.02. The van der Waals surface area contributed by atoms with Crippen molar-refractivity contribution in [1.29, 1.82) is 0 Å². The average Bonchev–Trinajstić information content (AvgIpc) is 2.48. The molecule has 0 radical (unpaired) electrons. The number of nitrogens with one attached hydrogen (secondary N) is 2. The number of nitrogens with zero attached hydrogens (tertiary/aromatic N) is 1. The smallest absolute Gasteiger partial charge is 0.321 e. The van der Waals surface area contributed by atoms with Crippen molar-refractivity contribution >= 4 is 29.5 Å². The summed E-state index contributed by atoms with van der Waals surface area (Å²) in [6.45, 7) is 3.89. The molecule has 0 bridgehead atoms. The van der Waals surface area contributed by atoms with Crippen molar-refractivity contribution in [2.24, 2.45) is 4.99 Å². The van der Waals surface area contributed by atoms with Crippen LogP contribution in [-0.2, 0) is 4.79 Å². The third kappa shape index (κ3) is 4.86. The molecule has 2 aromatic rings. The standard InChI is InChI=1S/C17H17N3O2/c1-12-6-8-14(9-7-12)20-17(22)18-11-16(21)19-15-5-3-4-13(2)10-15/h3-11H,1-2H3,(H,19,21)(H,20,22). The first-order valence-corrected chi connectivity index (χ1v) is 6.82. The second-order valence-electron chi connectivity index (χ2n) is 4.91. The molecule has 0 aliphatic heterocycles. The van der Waals surface area contributed by atoms with Gasteiger partial charge in [-0.3, -0.25) is 4.79 Å². The number of anilines is 2. The molecule has 0 saturated carbocycles. The summed E-state index contributed by atoms with van der Waals surface area (Å²) < 4.78 is 0. The third-order valence-electron chi connectivity index (χ3n) is 2.89. The predicted octanol–water partition coefficient (Wildman–Crippen LogP) is 3.54. The molecular formula is C17H17N3O2. The van der Waals surface area contributed by atoms with E-state index in [2.05, 4.69) is 15.6 Å². The molecule has 0 spiro atoms. The minimum absolute atomic E-state index is 0.454. The summed E-state index contributed by atoms with van der Waals surface area (Å²) in [6.07, 6.45) is 0.964. The number of amides is 3. The summed E-state index contributed by atoms with van der Waals surface area (Å²) in [7, 11) is 0. The van der Waals surface area contributed by atoms with Gasteiger partial charge in [-0.2, -0.15) is 4.99 Å². The van der Waals surface area contributed by atoms with Crippen LogP contribution >= 0.6 is 0 Å². The first-order valence-electron chi connectivity index (χ1n) is 6.82. The van der Waals surface area contributed by atoms with Crippen LogP contribution in [-0.4, -0.2) is 18.2 Å². The van der Waals surface area contributed by atoms with Crippen LogP contribution in [0.2, 0.25) is 0 Å². The quantitative estimate of drug-likeness (QED) is 0.850. The zero-order valence-corrected chi connectivity index (χ0v) is 12.5. The number of carbonyl (C=O) groups is 2. The Hall–Kier alpha value is -2.95. The second kappa shape index (κ2) is 7.17. The molecule has 112 valence electrons. The largest absolute Gasteiger partial charge is 0.345 e. The van der Waals surface area contributed by atoms with E-state index >= 15 is 0 Å². The van der Waals surface area contributed by atoms with E-state index in [0.717, 1.165) is 17.3 Å². The van der Waals surface area contributed by atoms with E-state index in [1.807, 2.05) is 44.2 Å².